The highest BCUT2D eigenvalue weighted by Gasteiger charge is 2.50. The van der Waals surface area contributed by atoms with Crippen LogP contribution in [0.1, 0.15) is 39.7 Å². The van der Waals surface area contributed by atoms with Crippen LogP contribution in [-0.2, 0) is 11.3 Å². The molecule has 3 rings (SSSR count). The van der Waals surface area contributed by atoms with Gasteiger partial charge in [-0.3, -0.25) is 0 Å². The molecule has 0 heterocycles. The van der Waals surface area contributed by atoms with Gasteiger partial charge in [-0.25, -0.2) is 0 Å². The van der Waals surface area contributed by atoms with Crippen molar-refractivity contribution in [3.63, 3.8) is 0 Å². The third-order valence-electron chi connectivity index (χ3n) is 5.62. The van der Waals surface area contributed by atoms with Crippen molar-refractivity contribution in [2.75, 3.05) is 39.4 Å². The van der Waals surface area contributed by atoms with Gasteiger partial charge >= 0.3 is 0 Å². The standard InChI is InChI=1S/C14H22N2O.C7H16N2O.CH4/c1-2-16-11-14(15)8-13(14)10-17-9-12-6-4-3-5-7-12;1-2-9-5-7(8)3-6(7)4-10;/h3-7,13,16H,2,8-11,15H2,1H3;6,9-10H,2-5,8H2,1H3;1H4/t13-,14-;6-,7-;/m11./s1. The summed E-state index contributed by atoms with van der Waals surface area (Å²) in [5, 5.41) is 15.2. The zero-order valence-electron chi connectivity index (χ0n) is 16.9. The van der Waals surface area contributed by atoms with E-state index in [2.05, 4.69) is 36.6 Å². The first-order chi connectivity index (χ1) is 13.0. The largest absolute Gasteiger partial charge is 0.396 e. The maximum atomic E-state index is 8.73. The van der Waals surface area contributed by atoms with Crippen molar-refractivity contribution in [2.45, 2.75) is 51.8 Å². The van der Waals surface area contributed by atoms with E-state index >= 15 is 0 Å². The van der Waals surface area contributed by atoms with E-state index in [1.165, 1.54) is 5.56 Å². The zero-order valence-corrected chi connectivity index (χ0v) is 16.9. The van der Waals surface area contributed by atoms with Crippen LogP contribution < -0.4 is 22.1 Å². The molecule has 2 saturated carbocycles. The van der Waals surface area contributed by atoms with Crippen molar-refractivity contribution >= 4 is 0 Å². The fraction of sp³-hybridized carbons (Fsp3) is 0.727. The maximum absolute atomic E-state index is 8.73. The summed E-state index contributed by atoms with van der Waals surface area (Å²) in [6.45, 7) is 9.55. The minimum absolute atomic E-state index is 0. The Labute approximate surface area is 171 Å². The lowest BCUT2D eigenvalue weighted by molar-refractivity contribution is 0.106. The topological polar surface area (TPSA) is 106 Å². The Morgan fingerprint density at radius 1 is 1.00 bits per heavy atom. The first-order valence-electron chi connectivity index (χ1n) is 10.2. The maximum Gasteiger partial charge on any atom is 0.0717 e. The predicted octanol–water partition coefficient (Wildman–Crippen LogP) is 1.47. The smallest absolute Gasteiger partial charge is 0.0717 e. The average molecular weight is 395 g/mol. The molecule has 0 aliphatic heterocycles. The molecule has 1 aromatic carbocycles. The van der Waals surface area contributed by atoms with Crippen LogP contribution in [0, 0.1) is 11.8 Å². The molecule has 7 N–H and O–H groups in total. The molecule has 162 valence electrons. The van der Waals surface area contributed by atoms with Crippen molar-refractivity contribution in [1.29, 1.82) is 0 Å². The minimum Gasteiger partial charge on any atom is -0.396 e. The number of benzene rings is 1. The molecule has 0 bridgehead atoms. The normalized spacial score (nSPS) is 30.0. The van der Waals surface area contributed by atoms with Crippen LogP contribution in [0.3, 0.4) is 0 Å². The Hall–Kier alpha value is -1.02. The third kappa shape index (κ3) is 7.78. The highest BCUT2D eigenvalue weighted by Crippen LogP contribution is 2.40. The summed E-state index contributed by atoms with van der Waals surface area (Å²) in [5.41, 5.74) is 13.2. The molecule has 0 saturated heterocycles. The molecular weight excluding hydrogens is 352 g/mol. The van der Waals surface area contributed by atoms with Gasteiger partial charge < -0.3 is 31.9 Å². The van der Waals surface area contributed by atoms with Crippen molar-refractivity contribution in [3.05, 3.63) is 35.9 Å². The molecular formula is C22H42N4O2. The lowest BCUT2D eigenvalue weighted by atomic mass is 10.2. The van der Waals surface area contributed by atoms with Gasteiger partial charge in [0.2, 0.25) is 0 Å². The second-order valence-electron chi connectivity index (χ2n) is 8.01. The fourth-order valence-corrected chi connectivity index (χ4v) is 3.31. The predicted molar refractivity (Wildman–Crippen MR) is 117 cm³/mol. The molecule has 2 aliphatic rings. The fourth-order valence-electron chi connectivity index (χ4n) is 3.31. The first kappa shape index (κ1) is 25.0. The summed E-state index contributed by atoms with van der Waals surface area (Å²) < 4.78 is 5.71. The molecule has 0 radical (unpaired) electrons. The SMILES string of the molecule is C.CCNC[C@]1(N)C[C@@H]1CO.CCNC[C@]1(N)C[C@@H]1COCc1ccccc1. The Morgan fingerprint density at radius 2 is 1.54 bits per heavy atom. The molecule has 0 spiro atoms. The molecule has 0 unspecified atom stereocenters. The minimum atomic E-state index is -0.0925. The van der Waals surface area contributed by atoms with E-state index < -0.39 is 0 Å². The zero-order chi connectivity index (χ0) is 19.8. The molecule has 1 aromatic rings. The second kappa shape index (κ2) is 11.9. The number of aliphatic hydroxyl groups is 1. The van der Waals surface area contributed by atoms with E-state index in [0.29, 0.717) is 18.4 Å². The highest BCUT2D eigenvalue weighted by molar-refractivity contribution is 5.14. The lowest BCUT2D eigenvalue weighted by Gasteiger charge is -2.12. The number of hydrogen-bond donors (Lipinski definition) is 5. The van der Waals surface area contributed by atoms with Crippen LogP contribution in [0.5, 0.6) is 0 Å². The number of hydrogen-bond acceptors (Lipinski definition) is 6. The molecule has 28 heavy (non-hydrogen) atoms. The van der Waals surface area contributed by atoms with Gasteiger partial charge in [0.15, 0.2) is 0 Å². The molecule has 2 aliphatic carbocycles. The Kier molecular flexibility index (Phi) is 10.6. The van der Waals surface area contributed by atoms with Gasteiger partial charge in [-0.05, 0) is 31.5 Å². The number of nitrogens with two attached hydrogens (primary N) is 2. The van der Waals surface area contributed by atoms with E-state index in [4.69, 9.17) is 21.3 Å². The van der Waals surface area contributed by atoms with Crippen LogP contribution in [0.15, 0.2) is 30.3 Å². The van der Waals surface area contributed by atoms with E-state index in [9.17, 15) is 0 Å². The van der Waals surface area contributed by atoms with E-state index in [1.54, 1.807) is 0 Å². The lowest BCUT2D eigenvalue weighted by Crippen LogP contribution is -2.38. The highest BCUT2D eigenvalue weighted by atomic mass is 16.5. The number of aliphatic hydroxyl groups excluding tert-OH is 1. The van der Waals surface area contributed by atoms with Crippen molar-refractivity contribution < 1.29 is 9.84 Å². The Morgan fingerprint density at radius 3 is 2.04 bits per heavy atom. The monoisotopic (exact) mass is 394 g/mol. The van der Waals surface area contributed by atoms with Crippen molar-refractivity contribution in [2.24, 2.45) is 23.3 Å². The average Bonchev–Trinajstić information content (AvgIpc) is 3.55. The Bertz CT molecular complexity index is 545. The van der Waals surface area contributed by atoms with Gasteiger partial charge in [0.25, 0.3) is 0 Å². The van der Waals surface area contributed by atoms with Crippen LogP contribution in [0.4, 0.5) is 0 Å². The molecule has 4 atom stereocenters. The van der Waals surface area contributed by atoms with Gasteiger partial charge in [0.1, 0.15) is 0 Å². The van der Waals surface area contributed by atoms with Crippen LogP contribution >= 0.6 is 0 Å². The molecule has 0 aromatic heterocycles. The van der Waals surface area contributed by atoms with Crippen molar-refractivity contribution in [3.8, 4) is 0 Å². The Balaban J connectivity index is 0.000000307. The van der Waals surface area contributed by atoms with Gasteiger partial charge in [-0.1, -0.05) is 51.6 Å². The van der Waals surface area contributed by atoms with E-state index in [-0.39, 0.29) is 25.1 Å². The number of rotatable bonds is 11. The number of ether oxygens (including phenoxy) is 1. The number of likely N-dealkylation sites (N-methyl/N-ethyl adjacent to an activating group) is 2. The summed E-state index contributed by atoms with van der Waals surface area (Å²) in [5.74, 6) is 0.858. The van der Waals surface area contributed by atoms with E-state index in [0.717, 1.165) is 45.6 Å². The van der Waals surface area contributed by atoms with Crippen LogP contribution in [-0.4, -0.2) is 55.6 Å². The van der Waals surface area contributed by atoms with Crippen LogP contribution in [0.2, 0.25) is 0 Å². The molecule has 0 amide bonds. The van der Waals surface area contributed by atoms with Gasteiger partial charge in [-0.2, -0.15) is 0 Å². The van der Waals surface area contributed by atoms with Gasteiger partial charge in [-0.15, -0.1) is 0 Å². The van der Waals surface area contributed by atoms with Crippen molar-refractivity contribution in [1.82, 2.24) is 10.6 Å². The first-order valence-corrected chi connectivity index (χ1v) is 10.2. The second-order valence-corrected chi connectivity index (χ2v) is 8.01. The molecule has 6 nitrogen and oxygen atoms in total. The van der Waals surface area contributed by atoms with E-state index in [1.807, 2.05) is 18.2 Å². The number of nitrogens with one attached hydrogen (secondary N) is 2. The molecule has 6 heteroatoms. The molecule has 2 fully saturated rings. The van der Waals surface area contributed by atoms with Gasteiger partial charge in [0.05, 0.1) is 13.2 Å². The summed E-state index contributed by atoms with van der Waals surface area (Å²) >= 11 is 0. The summed E-state index contributed by atoms with van der Waals surface area (Å²) in [6.07, 6.45) is 2.05. The van der Waals surface area contributed by atoms with Gasteiger partial charge in [0, 0.05) is 42.6 Å². The van der Waals surface area contributed by atoms with Crippen LogP contribution in [0.25, 0.3) is 0 Å². The summed E-state index contributed by atoms with van der Waals surface area (Å²) in [7, 11) is 0. The quantitative estimate of drug-likeness (QED) is 0.389. The summed E-state index contributed by atoms with van der Waals surface area (Å²) in [6, 6.07) is 10.3. The third-order valence-corrected chi connectivity index (χ3v) is 5.62. The summed E-state index contributed by atoms with van der Waals surface area (Å²) in [4.78, 5) is 0.